The Morgan fingerprint density at radius 1 is 1.39 bits per heavy atom. The number of nitrogens with one attached hydrogen (secondary N) is 1. The summed E-state index contributed by atoms with van der Waals surface area (Å²) in [6, 6.07) is 6.03. The number of pyridine rings is 1. The molecule has 0 aliphatic carbocycles. The van der Waals surface area contributed by atoms with Gasteiger partial charge in [0.15, 0.2) is 6.61 Å². The van der Waals surface area contributed by atoms with Crippen molar-refractivity contribution in [3.63, 3.8) is 0 Å². The highest BCUT2D eigenvalue weighted by Gasteiger charge is 2.29. The molecule has 0 aromatic carbocycles. The molecule has 0 bridgehead atoms. The van der Waals surface area contributed by atoms with Crippen LogP contribution in [0.5, 0.6) is 5.88 Å². The van der Waals surface area contributed by atoms with E-state index in [0.29, 0.717) is 12.2 Å². The lowest BCUT2D eigenvalue weighted by molar-refractivity contribution is -0.154. The molecule has 5 nitrogen and oxygen atoms in total. The van der Waals surface area contributed by atoms with Gasteiger partial charge in [0.1, 0.15) is 11.3 Å². The number of aromatic nitrogens is 1. The van der Waals surface area contributed by atoms with Crippen molar-refractivity contribution in [2.45, 2.75) is 25.6 Å². The minimum Gasteiger partial charge on any atom is -0.469 e. The van der Waals surface area contributed by atoms with Gasteiger partial charge in [0.05, 0.1) is 6.26 Å². The van der Waals surface area contributed by atoms with Gasteiger partial charge >= 0.3 is 6.18 Å². The third-order valence-electron chi connectivity index (χ3n) is 2.85. The van der Waals surface area contributed by atoms with Crippen molar-refractivity contribution in [1.29, 1.82) is 0 Å². The smallest absolute Gasteiger partial charge is 0.422 e. The first-order chi connectivity index (χ1) is 10.8. The molecule has 0 fully saturated rings. The largest absolute Gasteiger partial charge is 0.469 e. The fourth-order valence-electron chi connectivity index (χ4n) is 1.91. The van der Waals surface area contributed by atoms with Crippen molar-refractivity contribution < 1.29 is 27.1 Å². The summed E-state index contributed by atoms with van der Waals surface area (Å²) in [5.41, 5.74) is -0.0527. The maximum Gasteiger partial charge on any atom is 0.422 e. The molecule has 2 heterocycles. The molecular formula is C15H15F3N2O3. The van der Waals surface area contributed by atoms with E-state index in [0.717, 1.165) is 0 Å². The van der Waals surface area contributed by atoms with E-state index in [1.165, 1.54) is 24.6 Å². The molecule has 0 aliphatic heterocycles. The highest BCUT2D eigenvalue weighted by atomic mass is 19.4. The zero-order valence-electron chi connectivity index (χ0n) is 12.3. The lowest BCUT2D eigenvalue weighted by Gasteiger charge is -2.15. The standard InChI is InChI=1S/C15H15F3N2O3/c1-10(8-11-4-3-7-22-11)20-13(21)12-5-2-6-19-14(12)23-9-15(16,17)18/h2-7,10H,8-9H2,1H3,(H,20,21). The molecule has 1 N–H and O–H groups in total. The lowest BCUT2D eigenvalue weighted by Crippen LogP contribution is -2.34. The van der Waals surface area contributed by atoms with Crippen molar-refractivity contribution >= 4 is 5.91 Å². The number of furan rings is 1. The van der Waals surface area contributed by atoms with Crippen molar-refractivity contribution in [3.05, 3.63) is 48.0 Å². The number of nitrogens with zero attached hydrogens (tertiary/aromatic N) is 1. The molecule has 0 saturated heterocycles. The Balaban J connectivity index is 2.01. The van der Waals surface area contributed by atoms with E-state index < -0.39 is 18.7 Å². The second kappa shape index (κ2) is 7.17. The minimum atomic E-state index is -4.50. The summed E-state index contributed by atoms with van der Waals surface area (Å²) in [6.45, 7) is 0.249. The van der Waals surface area contributed by atoms with Crippen LogP contribution in [0.1, 0.15) is 23.0 Å². The molecule has 124 valence electrons. The maximum absolute atomic E-state index is 12.2. The highest BCUT2D eigenvalue weighted by molar-refractivity contribution is 5.96. The van der Waals surface area contributed by atoms with Gasteiger partial charge in [-0.1, -0.05) is 0 Å². The zero-order chi connectivity index (χ0) is 16.9. The summed E-state index contributed by atoms with van der Waals surface area (Å²) < 4.78 is 46.5. The Bertz CT molecular complexity index is 642. The number of hydrogen-bond acceptors (Lipinski definition) is 4. The van der Waals surface area contributed by atoms with Crippen LogP contribution < -0.4 is 10.1 Å². The van der Waals surface area contributed by atoms with Gasteiger partial charge in [-0.25, -0.2) is 4.98 Å². The van der Waals surface area contributed by atoms with Crippen LogP contribution in [-0.4, -0.2) is 29.7 Å². The number of alkyl halides is 3. The van der Waals surface area contributed by atoms with Crippen molar-refractivity contribution in [2.75, 3.05) is 6.61 Å². The molecule has 23 heavy (non-hydrogen) atoms. The predicted octanol–water partition coefficient (Wildman–Crippen LogP) is 2.98. The maximum atomic E-state index is 12.2. The predicted molar refractivity (Wildman–Crippen MR) is 75.1 cm³/mol. The lowest BCUT2D eigenvalue weighted by atomic mass is 10.1. The molecule has 0 spiro atoms. The van der Waals surface area contributed by atoms with Crippen LogP contribution in [0.2, 0.25) is 0 Å². The molecule has 2 aromatic heterocycles. The van der Waals surface area contributed by atoms with E-state index >= 15 is 0 Å². The van der Waals surface area contributed by atoms with E-state index in [1.54, 1.807) is 19.1 Å². The zero-order valence-corrected chi connectivity index (χ0v) is 12.3. The first-order valence-electron chi connectivity index (χ1n) is 6.83. The van der Waals surface area contributed by atoms with Gasteiger partial charge in [-0.15, -0.1) is 0 Å². The Hall–Kier alpha value is -2.51. The van der Waals surface area contributed by atoms with Crippen LogP contribution >= 0.6 is 0 Å². The van der Waals surface area contributed by atoms with Gasteiger partial charge in [-0.3, -0.25) is 4.79 Å². The fourth-order valence-corrected chi connectivity index (χ4v) is 1.91. The summed E-state index contributed by atoms with van der Waals surface area (Å²) in [7, 11) is 0. The van der Waals surface area contributed by atoms with E-state index in [2.05, 4.69) is 15.0 Å². The number of rotatable bonds is 6. The molecule has 8 heteroatoms. The summed E-state index contributed by atoms with van der Waals surface area (Å²) in [5, 5.41) is 2.67. The van der Waals surface area contributed by atoms with Gasteiger partial charge in [-0.05, 0) is 31.2 Å². The number of ether oxygens (including phenoxy) is 1. The van der Waals surface area contributed by atoms with Gasteiger partial charge < -0.3 is 14.5 Å². The summed E-state index contributed by atoms with van der Waals surface area (Å²) in [4.78, 5) is 15.9. The third-order valence-corrected chi connectivity index (χ3v) is 2.85. The van der Waals surface area contributed by atoms with Crippen LogP contribution in [0.3, 0.4) is 0 Å². The third kappa shape index (κ3) is 5.32. The second-order valence-electron chi connectivity index (χ2n) is 4.92. The van der Waals surface area contributed by atoms with Crippen molar-refractivity contribution in [2.24, 2.45) is 0 Å². The van der Waals surface area contributed by atoms with Crippen LogP contribution in [0.15, 0.2) is 41.1 Å². The van der Waals surface area contributed by atoms with Gasteiger partial charge in [0.2, 0.25) is 5.88 Å². The Morgan fingerprint density at radius 2 is 2.17 bits per heavy atom. The normalized spacial score (nSPS) is 12.7. The molecular weight excluding hydrogens is 313 g/mol. The first kappa shape index (κ1) is 16.9. The van der Waals surface area contributed by atoms with E-state index in [1.807, 2.05) is 0 Å². The van der Waals surface area contributed by atoms with Crippen LogP contribution in [0, 0.1) is 0 Å². The molecule has 2 aromatic rings. The van der Waals surface area contributed by atoms with E-state index in [4.69, 9.17) is 4.42 Å². The summed E-state index contributed by atoms with van der Waals surface area (Å²) in [6.07, 6.45) is -1.27. The quantitative estimate of drug-likeness (QED) is 0.885. The van der Waals surface area contributed by atoms with Gasteiger partial charge in [0, 0.05) is 18.7 Å². The molecule has 0 radical (unpaired) electrons. The van der Waals surface area contributed by atoms with Crippen LogP contribution in [0.25, 0.3) is 0 Å². The molecule has 1 atom stereocenters. The number of carbonyl (C=O) groups is 1. The fraction of sp³-hybridized carbons (Fsp3) is 0.333. The van der Waals surface area contributed by atoms with Crippen LogP contribution in [0.4, 0.5) is 13.2 Å². The summed E-state index contributed by atoms with van der Waals surface area (Å²) in [5.74, 6) is -0.223. The molecule has 0 aliphatic rings. The molecule has 2 rings (SSSR count). The average molecular weight is 328 g/mol. The average Bonchev–Trinajstić information content (AvgIpc) is 2.97. The number of amides is 1. The highest BCUT2D eigenvalue weighted by Crippen LogP contribution is 2.20. The first-order valence-corrected chi connectivity index (χ1v) is 6.83. The van der Waals surface area contributed by atoms with Gasteiger partial charge in [0.25, 0.3) is 5.91 Å². The minimum absolute atomic E-state index is 0.0527. The molecule has 0 saturated carbocycles. The monoisotopic (exact) mass is 328 g/mol. The van der Waals surface area contributed by atoms with E-state index in [9.17, 15) is 18.0 Å². The summed E-state index contributed by atoms with van der Waals surface area (Å²) >= 11 is 0. The Morgan fingerprint density at radius 3 is 2.83 bits per heavy atom. The van der Waals surface area contributed by atoms with Crippen LogP contribution in [-0.2, 0) is 6.42 Å². The SMILES string of the molecule is CC(Cc1ccco1)NC(=O)c1cccnc1OCC(F)(F)F. The molecule has 1 amide bonds. The van der Waals surface area contributed by atoms with Gasteiger partial charge in [-0.2, -0.15) is 13.2 Å². The topological polar surface area (TPSA) is 64.4 Å². The Labute approximate surface area is 130 Å². The number of carbonyl (C=O) groups excluding carboxylic acids is 1. The van der Waals surface area contributed by atoms with Crippen molar-refractivity contribution in [3.8, 4) is 5.88 Å². The second-order valence-corrected chi connectivity index (χ2v) is 4.92. The Kier molecular flexibility index (Phi) is 5.25. The van der Waals surface area contributed by atoms with Crippen molar-refractivity contribution in [1.82, 2.24) is 10.3 Å². The number of hydrogen-bond donors (Lipinski definition) is 1. The number of halogens is 3. The van der Waals surface area contributed by atoms with E-state index in [-0.39, 0.29) is 17.5 Å². The molecule has 1 unspecified atom stereocenters.